The van der Waals surface area contributed by atoms with E-state index in [-0.39, 0.29) is 18.6 Å². The number of para-hydroxylation sites is 1. The van der Waals surface area contributed by atoms with Crippen molar-refractivity contribution >= 4 is 41.3 Å². The Morgan fingerprint density at radius 3 is 2.52 bits per heavy atom. The summed E-state index contributed by atoms with van der Waals surface area (Å²) in [5, 5.41) is 15.2. The lowest BCUT2D eigenvalue weighted by atomic mass is 10.0. The zero-order chi connectivity index (χ0) is 22.4. The Morgan fingerprint density at radius 2 is 1.84 bits per heavy atom. The summed E-state index contributed by atoms with van der Waals surface area (Å²) < 4.78 is 0. The van der Waals surface area contributed by atoms with Crippen LogP contribution >= 0.6 is 12.6 Å². The summed E-state index contributed by atoms with van der Waals surface area (Å²) in [7, 11) is 0. The van der Waals surface area contributed by atoms with Gasteiger partial charge in [0, 0.05) is 41.2 Å². The fourth-order valence-electron chi connectivity index (χ4n) is 3.19. The minimum atomic E-state index is -1.22. The molecule has 164 valence electrons. The molecule has 3 aromatic rings. The molecule has 0 aliphatic heterocycles. The molecule has 0 fully saturated rings. The molecule has 0 saturated carbocycles. The lowest BCUT2D eigenvalue weighted by Crippen LogP contribution is -2.55. The number of carbonyl (C=O) groups excluding carboxylic acids is 2. The molecule has 0 aliphatic rings. The molecule has 0 radical (unpaired) electrons. The van der Waals surface area contributed by atoms with E-state index in [2.05, 4.69) is 38.2 Å². The fraction of sp³-hybridized carbons (Fsp3) is 0.300. The van der Waals surface area contributed by atoms with Crippen LogP contribution < -0.4 is 16.4 Å². The topological polar surface area (TPSA) is 166 Å². The molecule has 3 atom stereocenters. The highest BCUT2D eigenvalue weighted by Gasteiger charge is 2.28. The fourth-order valence-corrected chi connectivity index (χ4v) is 3.44. The maximum atomic E-state index is 12.8. The van der Waals surface area contributed by atoms with Gasteiger partial charge in [0.15, 0.2) is 0 Å². The zero-order valence-corrected chi connectivity index (χ0v) is 17.4. The molecule has 0 spiro atoms. The van der Waals surface area contributed by atoms with Gasteiger partial charge in [0.1, 0.15) is 12.1 Å². The predicted octanol–water partition coefficient (Wildman–Crippen LogP) is -0.0125. The second kappa shape index (κ2) is 10.1. The van der Waals surface area contributed by atoms with Gasteiger partial charge in [0.25, 0.3) is 0 Å². The van der Waals surface area contributed by atoms with Gasteiger partial charge in [-0.3, -0.25) is 9.59 Å². The number of aromatic amines is 2. The number of rotatable bonds is 10. The largest absolute Gasteiger partial charge is 0.480 e. The third-order valence-corrected chi connectivity index (χ3v) is 5.23. The van der Waals surface area contributed by atoms with E-state index >= 15 is 0 Å². The van der Waals surface area contributed by atoms with E-state index in [4.69, 9.17) is 5.73 Å². The first-order chi connectivity index (χ1) is 14.9. The maximum absolute atomic E-state index is 12.8. The van der Waals surface area contributed by atoms with E-state index in [0.29, 0.717) is 5.69 Å². The first-order valence-corrected chi connectivity index (χ1v) is 10.2. The number of amides is 2. The number of nitrogens with one attached hydrogen (secondary N) is 4. The molecule has 2 amide bonds. The number of nitrogens with zero attached hydrogens (tertiary/aromatic N) is 1. The van der Waals surface area contributed by atoms with Gasteiger partial charge < -0.3 is 31.4 Å². The number of carbonyl (C=O) groups is 3. The number of thiol groups is 1. The number of aliphatic carboxylic acids is 1. The molecule has 2 aromatic heterocycles. The van der Waals surface area contributed by atoms with Crippen molar-refractivity contribution in [3.05, 3.63) is 54.2 Å². The quantitative estimate of drug-likeness (QED) is 0.217. The summed E-state index contributed by atoms with van der Waals surface area (Å²) in [6, 6.07) is 4.54. The van der Waals surface area contributed by atoms with Crippen LogP contribution in [0.2, 0.25) is 0 Å². The van der Waals surface area contributed by atoms with Crippen molar-refractivity contribution in [2.24, 2.45) is 5.73 Å². The standard InChI is InChI=1S/C20H24N6O4S/c21-14(5-11-7-23-15-4-2-1-3-13(11)15)18(27)25-16(6-12-8-22-10-24-12)19(28)26-17(9-31)20(29)30/h1-4,7-8,10,14,16-17,23,31H,5-6,9,21H2,(H,22,24)(H,25,27)(H,26,28)(H,29,30)/t14-,16-,17-/m0/s1. The van der Waals surface area contributed by atoms with Crippen LogP contribution in [0.5, 0.6) is 0 Å². The van der Waals surface area contributed by atoms with Crippen LogP contribution in [0.25, 0.3) is 10.9 Å². The summed E-state index contributed by atoms with van der Waals surface area (Å²) in [6.45, 7) is 0. The van der Waals surface area contributed by atoms with E-state index < -0.39 is 35.9 Å². The van der Waals surface area contributed by atoms with Gasteiger partial charge in [0.2, 0.25) is 11.8 Å². The number of hydrogen-bond donors (Lipinski definition) is 7. The van der Waals surface area contributed by atoms with Crippen molar-refractivity contribution in [2.75, 3.05) is 5.75 Å². The molecule has 1 aromatic carbocycles. The Hall–Kier alpha value is -3.31. The number of aromatic nitrogens is 3. The first-order valence-electron chi connectivity index (χ1n) is 9.61. The normalized spacial score (nSPS) is 14.0. The van der Waals surface area contributed by atoms with Gasteiger partial charge in [-0.25, -0.2) is 9.78 Å². The Kier molecular flexibility index (Phi) is 7.32. The van der Waals surface area contributed by atoms with Crippen LogP contribution in [0.4, 0.5) is 0 Å². The van der Waals surface area contributed by atoms with E-state index in [1.807, 2.05) is 24.3 Å². The second-order valence-corrected chi connectivity index (χ2v) is 7.46. The number of carboxylic acids is 1. The third kappa shape index (κ3) is 5.64. The molecule has 31 heavy (non-hydrogen) atoms. The maximum Gasteiger partial charge on any atom is 0.327 e. The number of nitrogens with two attached hydrogens (primary N) is 1. The molecule has 0 bridgehead atoms. The van der Waals surface area contributed by atoms with Crippen molar-refractivity contribution < 1.29 is 19.5 Å². The number of carboxylic acid groups (broad SMARTS) is 1. The van der Waals surface area contributed by atoms with Crippen molar-refractivity contribution in [1.82, 2.24) is 25.6 Å². The molecule has 11 heteroatoms. The molecule has 2 heterocycles. The van der Waals surface area contributed by atoms with Gasteiger partial charge in [-0.1, -0.05) is 18.2 Å². The molecule has 0 saturated heterocycles. The van der Waals surface area contributed by atoms with Crippen LogP contribution in [0.15, 0.2) is 43.0 Å². The molecule has 3 rings (SSSR count). The van der Waals surface area contributed by atoms with E-state index in [1.54, 1.807) is 6.20 Å². The molecule has 0 aliphatic carbocycles. The Bertz CT molecular complexity index is 1050. The molecule has 10 nitrogen and oxygen atoms in total. The number of fused-ring (bicyclic) bond motifs is 1. The van der Waals surface area contributed by atoms with Gasteiger partial charge in [-0.15, -0.1) is 0 Å². The third-order valence-electron chi connectivity index (χ3n) is 4.86. The van der Waals surface area contributed by atoms with E-state index in [1.165, 1.54) is 12.5 Å². The summed E-state index contributed by atoms with van der Waals surface area (Å²) in [4.78, 5) is 46.6. The number of hydrogen-bond acceptors (Lipinski definition) is 6. The van der Waals surface area contributed by atoms with Gasteiger partial charge in [-0.2, -0.15) is 12.6 Å². The number of imidazole rings is 1. The minimum Gasteiger partial charge on any atom is -0.480 e. The van der Waals surface area contributed by atoms with Crippen molar-refractivity contribution in [2.45, 2.75) is 31.0 Å². The molecule has 7 N–H and O–H groups in total. The van der Waals surface area contributed by atoms with Crippen molar-refractivity contribution in [3.63, 3.8) is 0 Å². The average molecular weight is 445 g/mol. The molecule has 0 unspecified atom stereocenters. The Morgan fingerprint density at radius 1 is 1.10 bits per heavy atom. The minimum absolute atomic E-state index is 0.0914. The van der Waals surface area contributed by atoms with Crippen LogP contribution in [-0.4, -0.2) is 61.7 Å². The highest BCUT2D eigenvalue weighted by atomic mass is 32.1. The highest BCUT2D eigenvalue weighted by molar-refractivity contribution is 7.80. The first kappa shape index (κ1) is 22.4. The van der Waals surface area contributed by atoms with Crippen LogP contribution in [0.3, 0.4) is 0 Å². The van der Waals surface area contributed by atoms with E-state index in [9.17, 15) is 19.5 Å². The summed E-state index contributed by atoms with van der Waals surface area (Å²) in [5.74, 6) is -2.48. The monoisotopic (exact) mass is 444 g/mol. The van der Waals surface area contributed by atoms with E-state index in [0.717, 1.165) is 16.5 Å². The average Bonchev–Trinajstić information content (AvgIpc) is 3.41. The number of benzene rings is 1. The molecular formula is C20H24N6O4S. The van der Waals surface area contributed by atoms with Gasteiger partial charge >= 0.3 is 5.97 Å². The smallest absolute Gasteiger partial charge is 0.327 e. The Balaban J connectivity index is 1.70. The van der Waals surface area contributed by atoms with Gasteiger partial charge in [-0.05, 0) is 18.1 Å². The zero-order valence-electron chi connectivity index (χ0n) is 16.5. The summed E-state index contributed by atoms with van der Waals surface area (Å²) >= 11 is 3.95. The highest BCUT2D eigenvalue weighted by Crippen LogP contribution is 2.18. The second-order valence-electron chi connectivity index (χ2n) is 7.09. The van der Waals surface area contributed by atoms with Crippen molar-refractivity contribution in [1.29, 1.82) is 0 Å². The van der Waals surface area contributed by atoms with Crippen molar-refractivity contribution in [3.8, 4) is 0 Å². The lowest BCUT2D eigenvalue weighted by molar-refractivity contribution is -0.141. The molecular weight excluding hydrogens is 420 g/mol. The van der Waals surface area contributed by atoms with Gasteiger partial charge in [0.05, 0.1) is 12.4 Å². The van der Waals surface area contributed by atoms with Crippen LogP contribution in [0.1, 0.15) is 11.3 Å². The van der Waals surface area contributed by atoms with Crippen LogP contribution in [-0.2, 0) is 27.2 Å². The SMILES string of the molecule is N[C@@H](Cc1c[nH]c2ccccc12)C(=O)N[C@@H](Cc1cnc[nH]1)C(=O)N[C@@H](CS)C(=O)O. The number of H-pyrrole nitrogens is 2. The Labute approximate surface area is 183 Å². The lowest BCUT2D eigenvalue weighted by Gasteiger charge is -2.22. The van der Waals surface area contributed by atoms with Crippen LogP contribution in [0, 0.1) is 0 Å². The summed E-state index contributed by atoms with van der Waals surface area (Å²) in [5.41, 5.74) is 8.53. The summed E-state index contributed by atoms with van der Waals surface area (Å²) in [6.07, 6.45) is 5.13. The predicted molar refractivity (Wildman–Crippen MR) is 118 cm³/mol.